The average molecular weight is 401 g/mol. The molecule has 3 heterocycles. The highest BCUT2D eigenvalue weighted by molar-refractivity contribution is 7.89. The normalized spacial score (nSPS) is 17.6. The molecule has 1 aliphatic rings. The Kier molecular flexibility index (Phi) is 4.72. The molecule has 1 aliphatic heterocycles. The number of aromatic nitrogens is 3. The molecule has 148 valence electrons. The summed E-state index contributed by atoms with van der Waals surface area (Å²) in [5.41, 5.74) is 1.75. The first-order valence-electron chi connectivity index (χ1n) is 9.04. The molecule has 9 heteroatoms. The van der Waals surface area contributed by atoms with Crippen molar-refractivity contribution >= 4 is 26.7 Å². The zero-order valence-electron chi connectivity index (χ0n) is 16.1. The fourth-order valence-corrected chi connectivity index (χ4v) is 4.79. The van der Waals surface area contributed by atoms with Gasteiger partial charge in [0.1, 0.15) is 11.6 Å². The van der Waals surface area contributed by atoms with Gasteiger partial charge < -0.3 is 9.64 Å². The molecule has 0 radical (unpaired) electrons. The second-order valence-corrected chi connectivity index (χ2v) is 9.48. The van der Waals surface area contributed by atoms with Crippen LogP contribution in [0.3, 0.4) is 0 Å². The van der Waals surface area contributed by atoms with E-state index in [1.165, 1.54) is 4.31 Å². The van der Waals surface area contributed by atoms with Gasteiger partial charge in [0, 0.05) is 51.0 Å². The molecule has 28 heavy (non-hydrogen) atoms. The molecule has 4 rings (SSSR count). The van der Waals surface area contributed by atoms with Crippen molar-refractivity contribution in [3.8, 4) is 11.4 Å². The van der Waals surface area contributed by atoms with E-state index >= 15 is 0 Å². The van der Waals surface area contributed by atoms with Crippen LogP contribution in [0.2, 0.25) is 0 Å². The minimum absolute atomic E-state index is 0.406. The van der Waals surface area contributed by atoms with Gasteiger partial charge in [-0.05, 0) is 30.7 Å². The number of hydrogen-bond donors (Lipinski definition) is 0. The second kappa shape index (κ2) is 7.06. The highest BCUT2D eigenvalue weighted by Crippen LogP contribution is 2.26. The van der Waals surface area contributed by atoms with Gasteiger partial charge in [0.2, 0.25) is 10.0 Å². The Morgan fingerprint density at radius 1 is 1.21 bits per heavy atom. The SMILES string of the molecule is COc1ccc(-n2cc3cnc(N4CCC(S(=O)(=O)N(C)C)C4)cc3n2)cc1. The molecular weight excluding hydrogens is 378 g/mol. The maximum atomic E-state index is 12.4. The summed E-state index contributed by atoms with van der Waals surface area (Å²) in [5.74, 6) is 1.55. The first kappa shape index (κ1) is 18.7. The van der Waals surface area contributed by atoms with Gasteiger partial charge in [0.05, 0.1) is 23.6 Å². The van der Waals surface area contributed by atoms with E-state index in [0.717, 1.165) is 28.2 Å². The maximum Gasteiger partial charge on any atom is 0.218 e. The molecule has 2 aromatic heterocycles. The Balaban J connectivity index is 1.58. The number of nitrogens with zero attached hydrogens (tertiary/aromatic N) is 5. The molecule has 0 aliphatic carbocycles. The van der Waals surface area contributed by atoms with E-state index < -0.39 is 15.3 Å². The Morgan fingerprint density at radius 2 is 1.96 bits per heavy atom. The lowest BCUT2D eigenvalue weighted by Gasteiger charge is -2.19. The number of fused-ring (bicyclic) bond motifs is 1. The van der Waals surface area contributed by atoms with E-state index in [2.05, 4.69) is 10.1 Å². The lowest BCUT2D eigenvalue weighted by Crippen LogP contribution is -2.35. The predicted molar refractivity (Wildman–Crippen MR) is 109 cm³/mol. The Morgan fingerprint density at radius 3 is 2.64 bits per heavy atom. The zero-order chi connectivity index (χ0) is 19.9. The highest BCUT2D eigenvalue weighted by Gasteiger charge is 2.35. The van der Waals surface area contributed by atoms with Crippen molar-refractivity contribution in [3.63, 3.8) is 0 Å². The van der Waals surface area contributed by atoms with Gasteiger partial charge in [-0.3, -0.25) is 0 Å². The van der Waals surface area contributed by atoms with Crippen molar-refractivity contribution in [1.29, 1.82) is 0 Å². The summed E-state index contributed by atoms with van der Waals surface area (Å²) >= 11 is 0. The van der Waals surface area contributed by atoms with Crippen molar-refractivity contribution in [3.05, 3.63) is 42.7 Å². The van der Waals surface area contributed by atoms with Crippen LogP contribution < -0.4 is 9.64 Å². The largest absolute Gasteiger partial charge is 0.497 e. The number of rotatable bonds is 5. The molecule has 1 fully saturated rings. The van der Waals surface area contributed by atoms with E-state index in [1.807, 2.05) is 41.4 Å². The summed E-state index contributed by atoms with van der Waals surface area (Å²) in [6.07, 6.45) is 4.31. The van der Waals surface area contributed by atoms with Crippen LogP contribution in [0.4, 0.5) is 5.82 Å². The third kappa shape index (κ3) is 3.31. The monoisotopic (exact) mass is 401 g/mol. The summed E-state index contributed by atoms with van der Waals surface area (Å²) in [6, 6.07) is 9.58. The number of hydrogen-bond acceptors (Lipinski definition) is 6. The van der Waals surface area contributed by atoms with Crippen molar-refractivity contribution in [2.24, 2.45) is 0 Å². The standard InChI is InChI=1S/C19H23N5O3S/c1-22(2)28(25,26)17-8-9-23(13-17)19-10-18-14(11-20-19)12-24(21-18)15-4-6-16(27-3)7-5-15/h4-7,10-12,17H,8-9,13H2,1-3H3. The summed E-state index contributed by atoms with van der Waals surface area (Å²) in [7, 11) is 1.53. The van der Waals surface area contributed by atoms with Gasteiger partial charge >= 0.3 is 0 Å². The summed E-state index contributed by atoms with van der Waals surface area (Å²) < 4.78 is 33.1. The van der Waals surface area contributed by atoms with Crippen LogP contribution in [0, 0.1) is 0 Å². The van der Waals surface area contributed by atoms with Crippen molar-refractivity contribution in [2.75, 3.05) is 39.2 Å². The molecule has 1 aromatic carbocycles. The van der Waals surface area contributed by atoms with E-state index in [4.69, 9.17) is 4.74 Å². The molecule has 0 bridgehead atoms. The van der Waals surface area contributed by atoms with Gasteiger partial charge in [0.25, 0.3) is 0 Å². The minimum Gasteiger partial charge on any atom is -0.497 e. The average Bonchev–Trinajstić information content (AvgIpc) is 3.35. The Labute approximate surface area is 164 Å². The minimum atomic E-state index is -3.26. The highest BCUT2D eigenvalue weighted by atomic mass is 32.2. The first-order chi connectivity index (χ1) is 13.4. The van der Waals surface area contributed by atoms with E-state index in [0.29, 0.717) is 19.5 Å². The summed E-state index contributed by atoms with van der Waals surface area (Å²) in [5, 5.41) is 5.17. The molecule has 1 unspecified atom stereocenters. The number of sulfonamides is 1. The van der Waals surface area contributed by atoms with Crippen LogP contribution >= 0.6 is 0 Å². The molecule has 1 saturated heterocycles. The van der Waals surface area contributed by atoms with Crippen molar-refractivity contribution in [1.82, 2.24) is 19.1 Å². The number of benzene rings is 1. The molecule has 0 N–H and O–H groups in total. The molecule has 0 amide bonds. The van der Waals surface area contributed by atoms with Crippen LogP contribution in [-0.2, 0) is 10.0 Å². The van der Waals surface area contributed by atoms with Crippen LogP contribution in [0.5, 0.6) is 5.75 Å². The van der Waals surface area contributed by atoms with E-state index in [-0.39, 0.29) is 0 Å². The van der Waals surface area contributed by atoms with E-state index in [9.17, 15) is 8.42 Å². The number of pyridine rings is 1. The smallest absolute Gasteiger partial charge is 0.218 e. The fourth-order valence-electron chi connectivity index (χ4n) is 3.43. The second-order valence-electron chi connectivity index (χ2n) is 7.06. The van der Waals surface area contributed by atoms with Crippen molar-refractivity contribution < 1.29 is 13.2 Å². The maximum absolute atomic E-state index is 12.4. The molecule has 0 saturated carbocycles. The van der Waals surface area contributed by atoms with Gasteiger partial charge in [-0.1, -0.05) is 0 Å². The fraction of sp³-hybridized carbons (Fsp3) is 0.368. The predicted octanol–water partition coefficient (Wildman–Crippen LogP) is 1.90. The molecule has 0 spiro atoms. The zero-order valence-corrected chi connectivity index (χ0v) is 16.9. The van der Waals surface area contributed by atoms with Crippen LogP contribution in [0.15, 0.2) is 42.7 Å². The molecule has 8 nitrogen and oxygen atoms in total. The third-order valence-corrected chi connectivity index (χ3v) is 7.36. The Bertz CT molecular complexity index is 1090. The number of ether oxygens (including phenoxy) is 1. The van der Waals surface area contributed by atoms with Crippen LogP contribution in [0.1, 0.15) is 6.42 Å². The lowest BCUT2D eigenvalue weighted by molar-refractivity contribution is 0.414. The Hall–Kier alpha value is -2.65. The van der Waals surface area contributed by atoms with Crippen LogP contribution in [-0.4, -0.2) is 67.0 Å². The summed E-state index contributed by atoms with van der Waals surface area (Å²) in [4.78, 5) is 6.54. The van der Waals surface area contributed by atoms with E-state index in [1.54, 1.807) is 32.1 Å². The van der Waals surface area contributed by atoms with Crippen molar-refractivity contribution in [2.45, 2.75) is 11.7 Å². The lowest BCUT2D eigenvalue weighted by atomic mass is 10.3. The van der Waals surface area contributed by atoms with Gasteiger partial charge in [-0.15, -0.1) is 0 Å². The van der Waals surface area contributed by atoms with Gasteiger partial charge in [0.15, 0.2) is 0 Å². The molecular formula is C19H23N5O3S. The molecule has 1 atom stereocenters. The molecule has 3 aromatic rings. The third-order valence-electron chi connectivity index (χ3n) is 5.11. The van der Waals surface area contributed by atoms with Gasteiger partial charge in [-0.2, -0.15) is 5.10 Å². The summed E-state index contributed by atoms with van der Waals surface area (Å²) in [6.45, 7) is 1.10. The van der Waals surface area contributed by atoms with Gasteiger partial charge in [-0.25, -0.2) is 22.4 Å². The van der Waals surface area contributed by atoms with Crippen LogP contribution in [0.25, 0.3) is 16.6 Å². The number of anilines is 1. The first-order valence-corrected chi connectivity index (χ1v) is 10.5. The topological polar surface area (TPSA) is 80.6 Å². The quantitative estimate of drug-likeness (QED) is 0.650. The number of methoxy groups -OCH3 is 1.